The van der Waals surface area contributed by atoms with Crippen molar-refractivity contribution in [3.05, 3.63) is 70.4 Å². The number of carbonyl (C=O) groups excluding carboxylic acids is 1. The predicted molar refractivity (Wildman–Crippen MR) is 134 cm³/mol. The number of thiophene rings is 1. The molecule has 4 heterocycles. The Hall–Kier alpha value is -3.45. The topological polar surface area (TPSA) is 70.6 Å². The van der Waals surface area contributed by atoms with Gasteiger partial charge in [0, 0.05) is 37.1 Å². The number of morpholine rings is 1. The first-order chi connectivity index (χ1) is 17.4. The molecule has 0 saturated carbocycles. The van der Waals surface area contributed by atoms with Crippen LogP contribution < -0.4 is 0 Å². The highest BCUT2D eigenvalue weighted by atomic mass is 32.1. The minimum Gasteiger partial charge on any atom is -0.368 e. The monoisotopic (exact) mass is 506 g/mol. The van der Waals surface area contributed by atoms with E-state index in [9.17, 15) is 4.79 Å². The second kappa shape index (κ2) is 9.90. The van der Waals surface area contributed by atoms with Crippen LogP contribution in [-0.2, 0) is 16.1 Å². The molecule has 1 saturated heterocycles. The molecular formula is C27H24F2N4O2S. The Balaban J connectivity index is 1.58. The number of fused-ring (bicyclic) bond motifs is 1. The van der Waals surface area contributed by atoms with Crippen molar-refractivity contribution in [3.63, 3.8) is 0 Å². The molecule has 9 heteroatoms. The Morgan fingerprint density at radius 2 is 2.03 bits per heavy atom. The van der Waals surface area contributed by atoms with Gasteiger partial charge in [0.2, 0.25) is 0 Å². The van der Waals surface area contributed by atoms with E-state index >= 15 is 8.78 Å². The van der Waals surface area contributed by atoms with Gasteiger partial charge in [-0.1, -0.05) is 6.92 Å². The summed E-state index contributed by atoms with van der Waals surface area (Å²) in [5, 5.41) is 9.09. The molecular weight excluding hydrogens is 482 g/mol. The van der Waals surface area contributed by atoms with E-state index in [2.05, 4.69) is 9.88 Å². The van der Waals surface area contributed by atoms with Crippen LogP contribution in [0.2, 0.25) is 0 Å². The molecule has 6 nitrogen and oxygen atoms in total. The lowest BCUT2D eigenvalue weighted by Gasteiger charge is -2.32. The molecule has 0 unspecified atom stereocenters. The van der Waals surface area contributed by atoms with Crippen molar-refractivity contribution in [2.45, 2.75) is 32.9 Å². The third-order valence-corrected chi connectivity index (χ3v) is 7.43. The summed E-state index contributed by atoms with van der Waals surface area (Å²) in [7, 11) is 0. The van der Waals surface area contributed by atoms with Crippen LogP contribution in [0.15, 0.2) is 42.6 Å². The van der Waals surface area contributed by atoms with Gasteiger partial charge in [-0.3, -0.25) is 9.69 Å². The van der Waals surface area contributed by atoms with Crippen molar-refractivity contribution >= 4 is 22.8 Å². The average Bonchev–Trinajstić information content (AvgIpc) is 3.48. The molecule has 184 valence electrons. The van der Waals surface area contributed by atoms with Gasteiger partial charge >= 0.3 is 0 Å². The average molecular weight is 507 g/mol. The zero-order valence-corrected chi connectivity index (χ0v) is 20.7. The lowest BCUT2D eigenvalue weighted by molar-refractivity contribution is -0.136. The maximum absolute atomic E-state index is 15.5. The number of hydrogen-bond donors (Lipinski definition) is 0. The summed E-state index contributed by atoms with van der Waals surface area (Å²) in [5.41, 5.74) is 2.62. The lowest BCUT2D eigenvalue weighted by Crippen LogP contribution is -2.45. The van der Waals surface area contributed by atoms with Gasteiger partial charge in [-0.05, 0) is 54.4 Å². The van der Waals surface area contributed by atoms with Crippen LogP contribution in [0.3, 0.4) is 0 Å². The summed E-state index contributed by atoms with van der Waals surface area (Å²) in [6.45, 7) is 5.51. The summed E-state index contributed by atoms with van der Waals surface area (Å²) in [6, 6.07) is 11.7. The zero-order chi connectivity index (χ0) is 25.4. The summed E-state index contributed by atoms with van der Waals surface area (Å²) >= 11 is 1.18. The van der Waals surface area contributed by atoms with E-state index in [0.717, 1.165) is 5.56 Å². The maximum atomic E-state index is 15.5. The Bertz CT molecular complexity index is 1480. The van der Waals surface area contributed by atoms with Gasteiger partial charge in [-0.2, -0.15) is 5.26 Å². The molecule has 0 N–H and O–H groups in total. The molecule has 1 aliphatic heterocycles. The van der Waals surface area contributed by atoms with Crippen molar-refractivity contribution in [2.75, 3.05) is 19.7 Å². The predicted octanol–water partition coefficient (Wildman–Crippen LogP) is 5.37. The fourth-order valence-corrected chi connectivity index (χ4v) is 5.31. The molecule has 0 aliphatic carbocycles. The molecule has 3 aromatic heterocycles. The largest absolute Gasteiger partial charge is 0.368 e. The van der Waals surface area contributed by atoms with Crippen LogP contribution in [0.4, 0.5) is 8.78 Å². The molecule has 1 fully saturated rings. The zero-order valence-electron chi connectivity index (χ0n) is 19.9. The number of nitrogens with zero attached hydrogens (tertiary/aromatic N) is 4. The van der Waals surface area contributed by atoms with Crippen molar-refractivity contribution in [2.24, 2.45) is 0 Å². The third-order valence-electron chi connectivity index (χ3n) is 6.39. The van der Waals surface area contributed by atoms with E-state index in [4.69, 9.17) is 10.00 Å². The van der Waals surface area contributed by atoms with E-state index < -0.39 is 17.7 Å². The standard InChI is InChI=1S/C27H24F2N4O2S/c1-3-22(34)23-15-32(8-9-35-23)14-21-27(31-25-10-16(2)6-7-33(21)25)26-19(28)11-17(12-20(26)29)24-5-4-18(13-30)36-24/h4-7,10-12,23H,3,8-9,14-15H2,1-2H3/t23-/m0/s1. The number of Topliss-reactive ketones (excluding diaryl/α,β-unsaturated/α-hetero) is 1. The van der Waals surface area contributed by atoms with Crippen molar-refractivity contribution in [1.29, 1.82) is 5.26 Å². The van der Waals surface area contributed by atoms with Crippen LogP contribution in [-0.4, -0.2) is 45.9 Å². The van der Waals surface area contributed by atoms with Crippen molar-refractivity contribution in [3.8, 4) is 27.8 Å². The molecule has 1 aromatic carbocycles. The Kier molecular flexibility index (Phi) is 6.67. The van der Waals surface area contributed by atoms with Crippen LogP contribution in [0.1, 0.15) is 29.5 Å². The lowest BCUT2D eigenvalue weighted by atomic mass is 10.0. The number of benzene rings is 1. The van der Waals surface area contributed by atoms with Crippen molar-refractivity contribution in [1.82, 2.24) is 14.3 Å². The number of ketones is 1. The van der Waals surface area contributed by atoms with E-state index in [1.165, 1.54) is 23.5 Å². The number of nitriles is 1. The fourth-order valence-electron chi connectivity index (χ4n) is 4.52. The smallest absolute Gasteiger partial charge is 0.162 e. The van der Waals surface area contributed by atoms with Gasteiger partial charge in [0.05, 0.1) is 23.6 Å². The Morgan fingerprint density at radius 3 is 2.72 bits per heavy atom. The molecule has 0 bridgehead atoms. The minimum atomic E-state index is -0.723. The summed E-state index contributed by atoms with van der Waals surface area (Å²) in [4.78, 5) is 20.0. The molecule has 1 aliphatic rings. The van der Waals surface area contributed by atoms with Crippen LogP contribution in [0.25, 0.3) is 27.3 Å². The van der Waals surface area contributed by atoms with Crippen LogP contribution in [0, 0.1) is 29.9 Å². The number of rotatable bonds is 6. The fraction of sp³-hybridized carbons (Fsp3) is 0.296. The van der Waals surface area contributed by atoms with Crippen LogP contribution in [0.5, 0.6) is 0 Å². The molecule has 0 spiro atoms. The molecule has 5 rings (SSSR count). The number of hydrogen-bond acceptors (Lipinski definition) is 6. The maximum Gasteiger partial charge on any atom is 0.162 e. The first-order valence-electron chi connectivity index (χ1n) is 11.7. The number of imidazole rings is 1. The Morgan fingerprint density at radius 1 is 1.25 bits per heavy atom. The van der Waals surface area contributed by atoms with Crippen LogP contribution >= 0.6 is 11.3 Å². The number of aryl methyl sites for hydroxylation is 1. The van der Waals surface area contributed by atoms with Gasteiger partial charge in [-0.25, -0.2) is 13.8 Å². The first kappa shape index (κ1) is 24.3. The highest BCUT2D eigenvalue weighted by Crippen LogP contribution is 2.36. The van der Waals surface area contributed by atoms with Gasteiger partial charge in [-0.15, -0.1) is 11.3 Å². The summed E-state index contributed by atoms with van der Waals surface area (Å²) < 4.78 is 38.5. The summed E-state index contributed by atoms with van der Waals surface area (Å²) in [6.07, 6.45) is 1.73. The van der Waals surface area contributed by atoms with Gasteiger partial charge in [0.25, 0.3) is 0 Å². The number of carbonyl (C=O) groups is 1. The number of halogens is 2. The second-order valence-electron chi connectivity index (χ2n) is 8.84. The molecule has 0 radical (unpaired) electrons. The Labute approximate surface area is 211 Å². The third kappa shape index (κ3) is 4.55. The highest BCUT2D eigenvalue weighted by molar-refractivity contribution is 7.16. The number of aromatic nitrogens is 2. The number of ether oxygens (including phenoxy) is 1. The quantitative estimate of drug-likeness (QED) is 0.352. The minimum absolute atomic E-state index is 0.0366. The van der Waals surface area contributed by atoms with E-state index in [1.807, 2.05) is 42.6 Å². The van der Waals surface area contributed by atoms with Gasteiger partial charge in [0.1, 0.15) is 34.3 Å². The first-order valence-corrected chi connectivity index (χ1v) is 12.5. The second-order valence-corrected chi connectivity index (χ2v) is 9.93. The molecule has 0 amide bonds. The summed E-state index contributed by atoms with van der Waals surface area (Å²) in [5.74, 6) is -1.41. The van der Waals surface area contributed by atoms with E-state index in [1.54, 1.807) is 12.1 Å². The molecule has 36 heavy (non-hydrogen) atoms. The molecule has 1 atom stereocenters. The van der Waals surface area contributed by atoms with Gasteiger partial charge < -0.3 is 9.14 Å². The van der Waals surface area contributed by atoms with Gasteiger partial charge in [0.15, 0.2) is 5.78 Å². The SMILES string of the molecule is CCC(=O)[C@@H]1CN(Cc2c(-c3c(F)cc(-c4ccc(C#N)s4)cc3F)nc3cc(C)ccn23)CCO1. The normalized spacial score (nSPS) is 16.4. The van der Waals surface area contributed by atoms with E-state index in [-0.39, 0.29) is 17.0 Å². The van der Waals surface area contributed by atoms with Crippen molar-refractivity contribution < 1.29 is 18.3 Å². The molecule has 4 aromatic rings. The van der Waals surface area contributed by atoms with E-state index in [0.29, 0.717) is 59.3 Å². The number of pyridine rings is 1. The highest BCUT2D eigenvalue weighted by Gasteiger charge is 2.28.